The minimum absolute atomic E-state index is 0.527. The Morgan fingerprint density at radius 2 is 1.62 bits per heavy atom. The van der Waals surface area contributed by atoms with Gasteiger partial charge in [-0.25, -0.2) is 4.98 Å². The Hall–Kier alpha value is -2.04. The predicted octanol–water partition coefficient (Wildman–Crippen LogP) is 4.72. The fourth-order valence-corrected chi connectivity index (χ4v) is 2.51. The molecule has 0 aliphatic carbocycles. The summed E-state index contributed by atoms with van der Waals surface area (Å²) < 4.78 is 0. The maximum Gasteiger partial charge on any atom is 0.224 e. The second kappa shape index (κ2) is 5.76. The van der Waals surface area contributed by atoms with E-state index in [4.69, 9.17) is 23.2 Å². The molecule has 2 N–H and O–H groups in total. The topological polar surface area (TPSA) is 49.8 Å². The van der Waals surface area contributed by atoms with Crippen LogP contribution in [-0.4, -0.2) is 17.0 Å². The van der Waals surface area contributed by atoms with Crippen LogP contribution in [0.15, 0.2) is 42.5 Å². The molecule has 106 valence electrons. The van der Waals surface area contributed by atoms with Crippen molar-refractivity contribution in [3.63, 3.8) is 0 Å². The zero-order chi connectivity index (χ0) is 14.8. The molecule has 0 atom stereocenters. The van der Waals surface area contributed by atoms with Crippen molar-refractivity contribution in [2.75, 3.05) is 17.7 Å². The van der Waals surface area contributed by atoms with Gasteiger partial charge in [0.15, 0.2) is 0 Å². The molecule has 0 bridgehead atoms. The molecule has 21 heavy (non-hydrogen) atoms. The number of benzene rings is 2. The van der Waals surface area contributed by atoms with Gasteiger partial charge in [-0.1, -0.05) is 41.4 Å². The van der Waals surface area contributed by atoms with Gasteiger partial charge in [-0.05, 0) is 24.3 Å². The highest BCUT2D eigenvalue weighted by Crippen LogP contribution is 2.34. The normalized spacial score (nSPS) is 10.6. The molecule has 0 aliphatic heterocycles. The second-order valence-corrected chi connectivity index (χ2v) is 5.20. The summed E-state index contributed by atoms with van der Waals surface area (Å²) in [5.74, 6) is 1.18. The van der Waals surface area contributed by atoms with E-state index in [0.29, 0.717) is 27.5 Å². The van der Waals surface area contributed by atoms with Gasteiger partial charge in [0.25, 0.3) is 0 Å². The van der Waals surface area contributed by atoms with Gasteiger partial charge in [-0.3, -0.25) is 0 Å². The summed E-state index contributed by atoms with van der Waals surface area (Å²) in [7, 11) is 1.77. The van der Waals surface area contributed by atoms with Crippen molar-refractivity contribution in [3.05, 3.63) is 52.5 Å². The van der Waals surface area contributed by atoms with Gasteiger partial charge < -0.3 is 10.6 Å². The number of nitrogens with one attached hydrogen (secondary N) is 2. The van der Waals surface area contributed by atoms with E-state index in [1.54, 1.807) is 25.2 Å². The molecule has 0 saturated carbocycles. The molecular weight excluding hydrogens is 307 g/mol. The third-order valence-corrected chi connectivity index (χ3v) is 3.66. The van der Waals surface area contributed by atoms with Gasteiger partial charge in [0.1, 0.15) is 5.82 Å². The first-order valence-corrected chi connectivity index (χ1v) is 7.10. The summed E-state index contributed by atoms with van der Waals surface area (Å²) in [5, 5.41) is 8.12. The van der Waals surface area contributed by atoms with Crippen LogP contribution in [0.5, 0.6) is 0 Å². The first-order valence-electron chi connectivity index (χ1n) is 6.34. The Balaban J connectivity index is 2.16. The molecule has 0 radical (unpaired) electrons. The minimum atomic E-state index is 0.527. The Kier molecular flexibility index (Phi) is 3.82. The summed E-state index contributed by atoms with van der Waals surface area (Å²) in [5.41, 5.74) is 1.47. The molecule has 3 aromatic rings. The number of hydrogen-bond donors (Lipinski definition) is 2. The van der Waals surface area contributed by atoms with Crippen LogP contribution in [0.1, 0.15) is 0 Å². The molecule has 0 unspecified atom stereocenters. The van der Waals surface area contributed by atoms with Gasteiger partial charge in [0.05, 0.1) is 21.2 Å². The van der Waals surface area contributed by atoms with E-state index in [1.807, 2.05) is 24.3 Å². The van der Waals surface area contributed by atoms with Crippen LogP contribution < -0.4 is 10.6 Å². The Morgan fingerprint density at radius 3 is 2.33 bits per heavy atom. The number of fused-ring (bicyclic) bond motifs is 1. The smallest absolute Gasteiger partial charge is 0.224 e. The van der Waals surface area contributed by atoms with E-state index in [2.05, 4.69) is 20.6 Å². The van der Waals surface area contributed by atoms with Gasteiger partial charge in [-0.2, -0.15) is 4.98 Å². The van der Waals surface area contributed by atoms with E-state index < -0.39 is 0 Å². The van der Waals surface area contributed by atoms with Crippen LogP contribution >= 0.6 is 23.2 Å². The minimum Gasteiger partial charge on any atom is -0.357 e. The molecule has 0 amide bonds. The molecule has 1 aromatic heterocycles. The zero-order valence-electron chi connectivity index (χ0n) is 11.2. The van der Waals surface area contributed by atoms with E-state index in [-0.39, 0.29) is 0 Å². The largest absolute Gasteiger partial charge is 0.357 e. The number of para-hydroxylation sites is 2. The quantitative estimate of drug-likeness (QED) is 0.733. The molecular formula is C15H12Cl2N4. The summed E-state index contributed by atoms with van der Waals surface area (Å²) >= 11 is 12.4. The van der Waals surface area contributed by atoms with E-state index in [1.165, 1.54) is 0 Å². The maximum atomic E-state index is 6.20. The Bertz CT molecular complexity index is 785. The van der Waals surface area contributed by atoms with Gasteiger partial charge >= 0.3 is 0 Å². The summed E-state index contributed by atoms with van der Waals surface area (Å²) in [4.78, 5) is 8.86. The molecule has 0 aliphatic rings. The Morgan fingerprint density at radius 1 is 0.905 bits per heavy atom. The van der Waals surface area contributed by atoms with E-state index in [9.17, 15) is 0 Å². The van der Waals surface area contributed by atoms with Crippen molar-refractivity contribution in [1.29, 1.82) is 0 Å². The molecule has 0 saturated heterocycles. The fraction of sp³-hybridized carbons (Fsp3) is 0.0667. The summed E-state index contributed by atoms with van der Waals surface area (Å²) in [6, 6.07) is 13.1. The van der Waals surface area contributed by atoms with E-state index in [0.717, 1.165) is 10.9 Å². The Labute approximate surface area is 132 Å². The van der Waals surface area contributed by atoms with Crippen molar-refractivity contribution in [2.45, 2.75) is 0 Å². The van der Waals surface area contributed by atoms with Crippen LogP contribution in [0.25, 0.3) is 10.9 Å². The summed E-state index contributed by atoms with van der Waals surface area (Å²) in [6.07, 6.45) is 0. The number of rotatable bonds is 3. The van der Waals surface area contributed by atoms with Crippen molar-refractivity contribution in [3.8, 4) is 0 Å². The molecule has 0 spiro atoms. The van der Waals surface area contributed by atoms with Gasteiger partial charge in [0, 0.05) is 12.4 Å². The monoisotopic (exact) mass is 318 g/mol. The first-order chi connectivity index (χ1) is 10.2. The average molecular weight is 319 g/mol. The lowest BCUT2D eigenvalue weighted by molar-refractivity contribution is 1.19. The number of anilines is 3. The van der Waals surface area contributed by atoms with Crippen LogP contribution in [0.2, 0.25) is 10.0 Å². The molecule has 1 heterocycles. The lowest BCUT2D eigenvalue weighted by Gasteiger charge is -2.12. The lowest BCUT2D eigenvalue weighted by atomic mass is 10.2. The number of aromatic nitrogens is 2. The predicted molar refractivity (Wildman–Crippen MR) is 88.8 cm³/mol. The zero-order valence-corrected chi connectivity index (χ0v) is 12.7. The fourth-order valence-electron chi connectivity index (χ4n) is 2.02. The van der Waals surface area contributed by atoms with Crippen molar-refractivity contribution in [2.24, 2.45) is 0 Å². The molecule has 6 heteroatoms. The molecule has 0 fully saturated rings. The third kappa shape index (κ3) is 2.73. The van der Waals surface area contributed by atoms with Crippen LogP contribution in [0.3, 0.4) is 0 Å². The molecule has 4 nitrogen and oxygen atoms in total. The van der Waals surface area contributed by atoms with Crippen LogP contribution in [-0.2, 0) is 0 Å². The second-order valence-electron chi connectivity index (χ2n) is 4.38. The highest BCUT2D eigenvalue weighted by molar-refractivity contribution is 6.39. The van der Waals surface area contributed by atoms with Crippen LogP contribution in [0, 0.1) is 0 Å². The van der Waals surface area contributed by atoms with Crippen LogP contribution in [0.4, 0.5) is 17.5 Å². The SMILES string of the molecule is CNc1nc(Nc2c(Cl)cccc2Cl)c2ccccc2n1. The van der Waals surface area contributed by atoms with Gasteiger partial charge in [0.2, 0.25) is 5.95 Å². The van der Waals surface area contributed by atoms with Crippen molar-refractivity contribution >= 4 is 51.6 Å². The number of hydrogen-bond acceptors (Lipinski definition) is 4. The number of halogens is 2. The molecule has 3 rings (SSSR count). The summed E-state index contributed by atoms with van der Waals surface area (Å²) in [6.45, 7) is 0. The van der Waals surface area contributed by atoms with Crippen molar-refractivity contribution in [1.82, 2.24) is 9.97 Å². The van der Waals surface area contributed by atoms with Crippen molar-refractivity contribution < 1.29 is 0 Å². The molecule has 2 aromatic carbocycles. The van der Waals surface area contributed by atoms with E-state index >= 15 is 0 Å². The lowest BCUT2D eigenvalue weighted by Crippen LogP contribution is -2.02. The highest BCUT2D eigenvalue weighted by atomic mass is 35.5. The highest BCUT2D eigenvalue weighted by Gasteiger charge is 2.11. The third-order valence-electron chi connectivity index (χ3n) is 3.03. The maximum absolute atomic E-state index is 6.20. The number of nitrogens with zero attached hydrogens (tertiary/aromatic N) is 2. The first kappa shape index (κ1) is 13.9. The van der Waals surface area contributed by atoms with Gasteiger partial charge in [-0.15, -0.1) is 0 Å². The average Bonchev–Trinajstić information content (AvgIpc) is 2.50. The standard InChI is InChI=1S/C15H12Cl2N4/c1-18-15-19-12-8-3-2-5-9(12)14(21-15)20-13-10(16)6-4-7-11(13)17/h2-8H,1H3,(H2,18,19,20,21).